The first kappa shape index (κ1) is 14.7. The molecule has 2 rings (SSSR count). The molecule has 0 aliphatic carbocycles. The van der Waals surface area contributed by atoms with E-state index in [2.05, 4.69) is 4.98 Å². The standard InChI is InChI=1S/C14H19N3O2S/c1-2-19-14(18)11-6-3-4-9-17(11)10-7-5-8-16-12(10)13(15)20/h5,7-8,11H,2-4,6,9H2,1H3,(H2,15,20). The number of rotatable bonds is 4. The zero-order chi connectivity index (χ0) is 14.5. The molecule has 0 radical (unpaired) electrons. The molecule has 1 atom stereocenters. The molecule has 1 aliphatic heterocycles. The molecule has 0 amide bonds. The molecule has 2 heterocycles. The molecule has 108 valence electrons. The highest BCUT2D eigenvalue weighted by atomic mass is 32.1. The molecule has 20 heavy (non-hydrogen) atoms. The number of piperidine rings is 1. The predicted octanol–water partition coefficient (Wildman–Crippen LogP) is 1.64. The Kier molecular flexibility index (Phi) is 4.89. The first-order chi connectivity index (χ1) is 9.65. The quantitative estimate of drug-likeness (QED) is 0.672. The van der Waals surface area contributed by atoms with E-state index in [9.17, 15) is 4.79 Å². The van der Waals surface area contributed by atoms with Crippen LogP contribution in [0.4, 0.5) is 5.69 Å². The monoisotopic (exact) mass is 293 g/mol. The van der Waals surface area contributed by atoms with Crippen LogP contribution in [0.2, 0.25) is 0 Å². The fourth-order valence-corrected chi connectivity index (χ4v) is 2.68. The highest BCUT2D eigenvalue weighted by Gasteiger charge is 2.31. The van der Waals surface area contributed by atoms with Gasteiger partial charge in [0.15, 0.2) is 0 Å². The minimum Gasteiger partial charge on any atom is -0.464 e. The first-order valence-electron chi connectivity index (χ1n) is 6.83. The Morgan fingerprint density at radius 2 is 2.40 bits per heavy atom. The fraction of sp³-hybridized carbons (Fsp3) is 0.500. The van der Waals surface area contributed by atoms with Crippen LogP contribution < -0.4 is 10.6 Å². The molecule has 0 bridgehead atoms. The molecule has 1 unspecified atom stereocenters. The van der Waals surface area contributed by atoms with E-state index in [-0.39, 0.29) is 17.0 Å². The lowest BCUT2D eigenvalue weighted by Gasteiger charge is -2.36. The third-order valence-corrected chi connectivity index (χ3v) is 3.58. The number of anilines is 1. The van der Waals surface area contributed by atoms with Gasteiger partial charge in [0.1, 0.15) is 16.7 Å². The SMILES string of the molecule is CCOC(=O)C1CCCCN1c1cccnc1C(N)=S. The van der Waals surface area contributed by atoms with Crippen LogP contribution in [0.25, 0.3) is 0 Å². The summed E-state index contributed by atoms with van der Waals surface area (Å²) in [5.41, 5.74) is 7.11. The molecule has 1 aliphatic rings. The molecule has 2 N–H and O–H groups in total. The molecular weight excluding hydrogens is 274 g/mol. The summed E-state index contributed by atoms with van der Waals surface area (Å²) < 4.78 is 5.17. The molecule has 1 fully saturated rings. The predicted molar refractivity (Wildman–Crippen MR) is 81.7 cm³/mol. The van der Waals surface area contributed by atoms with Crippen molar-refractivity contribution < 1.29 is 9.53 Å². The average Bonchev–Trinajstić information content (AvgIpc) is 2.47. The highest BCUT2D eigenvalue weighted by Crippen LogP contribution is 2.27. The zero-order valence-electron chi connectivity index (χ0n) is 11.5. The number of carbonyl (C=O) groups is 1. The molecule has 1 saturated heterocycles. The summed E-state index contributed by atoms with van der Waals surface area (Å²) in [5, 5.41) is 0. The number of hydrogen-bond donors (Lipinski definition) is 1. The Balaban J connectivity index is 2.33. The number of aromatic nitrogens is 1. The molecule has 1 aromatic heterocycles. The van der Waals surface area contributed by atoms with Crippen LogP contribution >= 0.6 is 12.2 Å². The lowest BCUT2D eigenvalue weighted by atomic mass is 10.0. The molecule has 5 nitrogen and oxygen atoms in total. The van der Waals surface area contributed by atoms with E-state index < -0.39 is 0 Å². The summed E-state index contributed by atoms with van der Waals surface area (Å²) in [6.45, 7) is 2.98. The third-order valence-electron chi connectivity index (χ3n) is 3.39. The second-order valence-corrected chi connectivity index (χ2v) is 5.13. The number of carbonyl (C=O) groups excluding carboxylic acids is 1. The van der Waals surface area contributed by atoms with E-state index in [4.69, 9.17) is 22.7 Å². The number of nitrogens with zero attached hydrogens (tertiary/aromatic N) is 2. The third kappa shape index (κ3) is 3.07. The van der Waals surface area contributed by atoms with Crippen LogP contribution in [-0.4, -0.2) is 35.1 Å². The average molecular weight is 293 g/mol. The van der Waals surface area contributed by atoms with Crippen LogP contribution in [0.15, 0.2) is 18.3 Å². The minimum absolute atomic E-state index is 0.190. The van der Waals surface area contributed by atoms with Crippen LogP contribution in [0.3, 0.4) is 0 Å². The van der Waals surface area contributed by atoms with Gasteiger partial charge in [-0.3, -0.25) is 4.98 Å². The van der Waals surface area contributed by atoms with Gasteiger partial charge in [-0.2, -0.15) is 0 Å². The maximum absolute atomic E-state index is 12.1. The van der Waals surface area contributed by atoms with E-state index >= 15 is 0 Å². The van der Waals surface area contributed by atoms with Gasteiger partial charge < -0.3 is 15.4 Å². The van der Waals surface area contributed by atoms with Crippen LogP contribution in [0, 0.1) is 0 Å². The lowest BCUT2D eigenvalue weighted by molar-refractivity contribution is -0.145. The van der Waals surface area contributed by atoms with Gasteiger partial charge in [0.25, 0.3) is 0 Å². The van der Waals surface area contributed by atoms with Gasteiger partial charge in [-0.1, -0.05) is 12.2 Å². The van der Waals surface area contributed by atoms with Crippen molar-refractivity contribution in [3.8, 4) is 0 Å². The van der Waals surface area contributed by atoms with Gasteiger partial charge in [0.05, 0.1) is 12.3 Å². The summed E-state index contributed by atoms with van der Waals surface area (Å²) in [6, 6.07) is 3.45. The molecule has 1 aromatic rings. The maximum Gasteiger partial charge on any atom is 0.328 e. The summed E-state index contributed by atoms with van der Waals surface area (Å²) in [5.74, 6) is -0.190. The van der Waals surface area contributed by atoms with Crippen LogP contribution in [0.1, 0.15) is 31.9 Å². The Labute approximate surface area is 124 Å². The molecule has 0 spiro atoms. The van der Waals surface area contributed by atoms with Gasteiger partial charge in [0, 0.05) is 12.7 Å². The van der Waals surface area contributed by atoms with Crippen molar-refractivity contribution in [2.75, 3.05) is 18.1 Å². The van der Waals surface area contributed by atoms with Gasteiger partial charge in [-0.25, -0.2) is 4.79 Å². The Hall–Kier alpha value is -1.69. The molecule has 0 aromatic carbocycles. The van der Waals surface area contributed by atoms with Crippen LogP contribution in [0.5, 0.6) is 0 Å². The molecular formula is C14H19N3O2S. The Morgan fingerprint density at radius 3 is 3.10 bits per heavy atom. The summed E-state index contributed by atoms with van der Waals surface area (Å²) in [6.07, 6.45) is 4.48. The fourth-order valence-electron chi connectivity index (χ4n) is 2.52. The number of nitrogens with two attached hydrogens (primary N) is 1. The summed E-state index contributed by atoms with van der Waals surface area (Å²) in [4.78, 5) is 18.6. The van der Waals surface area contributed by atoms with E-state index in [1.165, 1.54) is 0 Å². The highest BCUT2D eigenvalue weighted by molar-refractivity contribution is 7.80. The molecule has 0 saturated carbocycles. The summed E-state index contributed by atoms with van der Waals surface area (Å²) >= 11 is 5.05. The van der Waals surface area contributed by atoms with Gasteiger partial charge in [-0.05, 0) is 38.3 Å². The minimum atomic E-state index is -0.277. The summed E-state index contributed by atoms with van der Waals surface area (Å²) in [7, 11) is 0. The van der Waals surface area contributed by atoms with Crippen molar-refractivity contribution in [3.05, 3.63) is 24.0 Å². The van der Waals surface area contributed by atoms with Gasteiger partial charge >= 0.3 is 5.97 Å². The van der Waals surface area contributed by atoms with E-state index in [0.29, 0.717) is 12.3 Å². The normalized spacial score (nSPS) is 18.6. The second kappa shape index (κ2) is 6.65. The Bertz CT molecular complexity index is 507. The topological polar surface area (TPSA) is 68.5 Å². The van der Waals surface area contributed by atoms with Crippen LogP contribution in [-0.2, 0) is 9.53 Å². The second-order valence-electron chi connectivity index (χ2n) is 4.69. The van der Waals surface area contributed by atoms with Crippen molar-refractivity contribution in [1.29, 1.82) is 0 Å². The van der Waals surface area contributed by atoms with Crippen molar-refractivity contribution >= 4 is 28.9 Å². The largest absolute Gasteiger partial charge is 0.464 e. The molecule has 6 heteroatoms. The van der Waals surface area contributed by atoms with Crippen molar-refractivity contribution in [2.45, 2.75) is 32.2 Å². The number of pyridine rings is 1. The Morgan fingerprint density at radius 1 is 1.60 bits per heavy atom. The smallest absolute Gasteiger partial charge is 0.328 e. The zero-order valence-corrected chi connectivity index (χ0v) is 12.4. The number of thiocarbonyl (C=S) groups is 1. The lowest BCUT2D eigenvalue weighted by Crippen LogP contribution is -2.46. The van der Waals surface area contributed by atoms with E-state index in [1.54, 1.807) is 6.20 Å². The van der Waals surface area contributed by atoms with Crippen molar-refractivity contribution in [1.82, 2.24) is 4.98 Å². The maximum atomic E-state index is 12.1. The van der Waals surface area contributed by atoms with Crippen molar-refractivity contribution in [2.24, 2.45) is 5.73 Å². The van der Waals surface area contributed by atoms with Gasteiger partial charge in [-0.15, -0.1) is 0 Å². The van der Waals surface area contributed by atoms with Crippen molar-refractivity contribution in [3.63, 3.8) is 0 Å². The number of esters is 1. The number of hydrogen-bond acceptors (Lipinski definition) is 5. The first-order valence-corrected chi connectivity index (χ1v) is 7.24. The van der Waals surface area contributed by atoms with E-state index in [0.717, 1.165) is 31.5 Å². The van der Waals surface area contributed by atoms with Gasteiger partial charge in [0.2, 0.25) is 0 Å². The number of ether oxygens (including phenoxy) is 1. The van der Waals surface area contributed by atoms with E-state index in [1.807, 2.05) is 24.0 Å².